The molecule has 0 aliphatic heterocycles. The van der Waals surface area contributed by atoms with Gasteiger partial charge in [-0.3, -0.25) is 4.79 Å². The fourth-order valence-electron chi connectivity index (χ4n) is 3.65. The molecule has 1 aliphatic carbocycles. The number of hydrogen-bond donors (Lipinski definition) is 3. The van der Waals surface area contributed by atoms with Gasteiger partial charge < -0.3 is 20.3 Å². The van der Waals surface area contributed by atoms with Gasteiger partial charge in [0.25, 0.3) is 0 Å². The number of hydrogen-bond acceptors (Lipinski definition) is 5. The van der Waals surface area contributed by atoms with Crippen LogP contribution in [0.5, 0.6) is 0 Å². The minimum absolute atomic E-state index is 0.113. The maximum absolute atomic E-state index is 13.5. The summed E-state index contributed by atoms with van der Waals surface area (Å²) in [4.78, 5) is 11.6. The van der Waals surface area contributed by atoms with E-state index in [1.807, 2.05) is 6.07 Å². The van der Waals surface area contributed by atoms with Crippen molar-refractivity contribution in [1.29, 1.82) is 0 Å². The lowest BCUT2D eigenvalue weighted by molar-refractivity contribution is -0.120. The van der Waals surface area contributed by atoms with E-state index >= 15 is 0 Å². The van der Waals surface area contributed by atoms with E-state index in [0.717, 1.165) is 30.4 Å². The van der Waals surface area contributed by atoms with Gasteiger partial charge in [-0.1, -0.05) is 25.9 Å². The van der Waals surface area contributed by atoms with E-state index in [2.05, 4.69) is 36.6 Å². The Bertz CT molecular complexity index is 899. The molecule has 0 radical (unpaired) electrons. The largest absolute Gasteiger partial charge is 0.390 e. The van der Waals surface area contributed by atoms with Crippen LogP contribution in [0.25, 0.3) is 0 Å². The molecule has 2 unspecified atom stereocenters. The average Bonchev–Trinajstić information content (AvgIpc) is 3.22. The predicted molar refractivity (Wildman–Crippen MR) is 113 cm³/mol. The number of β-amino-alcohol motifs (C(OH)–C–C–N with tert-alkyl or cyclic N) is 1. The van der Waals surface area contributed by atoms with Crippen LogP contribution >= 0.6 is 0 Å². The van der Waals surface area contributed by atoms with E-state index in [-0.39, 0.29) is 29.8 Å². The molecule has 2 atom stereocenters. The summed E-state index contributed by atoms with van der Waals surface area (Å²) >= 11 is 0. The molecule has 0 bridgehead atoms. The lowest BCUT2D eigenvalue weighted by atomic mass is 9.93. The van der Waals surface area contributed by atoms with Crippen molar-refractivity contribution in [2.24, 2.45) is 0 Å². The lowest BCUT2D eigenvalue weighted by Gasteiger charge is -2.26. The molecule has 2 aromatic rings. The molecule has 6 nitrogen and oxygen atoms in total. The molecule has 8 heteroatoms. The first kappa shape index (κ1) is 23.3. The van der Waals surface area contributed by atoms with E-state index in [9.17, 15) is 18.7 Å². The van der Waals surface area contributed by atoms with E-state index in [1.54, 1.807) is 0 Å². The molecule has 1 heterocycles. The second-order valence-corrected chi connectivity index (χ2v) is 9.63. The number of carbonyl (C=O) groups is 1. The Kier molecular flexibility index (Phi) is 6.81. The molecule has 1 fully saturated rings. The minimum atomic E-state index is -0.935. The number of halogens is 2. The number of benzene rings is 1. The minimum Gasteiger partial charge on any atom is -0.390 e. The highest BCUT2D eigenvalue weighted by molar-refractivity contribution is 5.73. The summed E-state index contributed by atoms with van der Waals surface area (Å²) in [5.41, 5.74) is 0.943. The van der Waals surface area contributed by atoms with Crippen molar-refractivity contribution in [3.05, 3.63) is 52.9 Å². The third-order valence-corrected chi connectivity index (χ3v) is 5.59. The molecule has 1 aromatic carbocycles. The van der Waals surface area contributed by atoms with Crippen LogP contribution < -0.4 is 10.6 Å². The third kappa shape index (κ3) is 6.58. The van der Waals surface area contributed by atoms with Crippen LogP contribution in [0.2, 0.25) is 0 Å². The van der Waals surface area contributed by atoms with E-state index in [1.165, 1.54) is 19.1 Å². The van der Waals surface area contributed by atoms with E-state index < -0.39 is 23.8 Å². The molecule has 31 heavy (non-hydrogen) atoms. The van der Waals surface area contributed by atoms with Crippen molar-refractivity contribution in [2.45, 2.75) is 76.5 Å². The number of rotatable bonds is 9. The van der Waals surface area contributed by atoms with E-state index in [4.69, 9.17) is 4.52 Å². The zero-order chi connectivity index (χ0) is 22.8. The summed E-state index contributed by atoms with van der Waals surface area (Å²) < 4.78 is 32.5. The van der Waals surface area contributed by atoms with Crippen LogP contribution in [0.4, 0.5) is 8.78 Å². The van der Waals surface area contributed by atoms with Gasteiger partial charge >= 0.3 is 0 Å². The Morgan fingerprint density at radius 1 is 1.23 bits per heavy atom. The van der Waals surface area contributed by atoms with Gasteiger partial charge in [0, 0.05) is 43.0 Å². The maximum Gasteiger partial charge on any atom is 0.217 e. The topological polar surface area (TPSA) is 87.4 Å². The summed E-state index contributed by atoms with van der Waals surface area (Å²) in [6, 6.07) is 4.49. The summed E-state index contributed by atoms with van der Waals surface area (Å²) in [5, 5.41) is 21.0. The highest BCUT2D eigenvalue weighted by Crippen LogP contribution is 2.39. The Balaban J connectivity index is 1.61. The zero-order valence-corrected chi connectivity index (χ0v) is 18.5. The van der Waals surface area contributed by atoms with Gasteiger partial charge in [0.15, 0.2) is 0 Å². The average molecular weight is 436 g/mol. The second kappa shape index (κ2) is 9.04. The molecular formula is C23H31F2N3O3. The number of carbonyl (C=O) groups excluding carboxylic acids is 1. The molecule has 1 aromatic heterocycles. The van der Waals surface area contributed by atoms with Gasteiger partial charge in [-0.15, -0.1) is 0 Å². The summed E-state index contributed by atoms with van der Waals surface area (Å²) in [5.74, 6) is -0.877. The van der Waals surface area contributed by atoms with Crippen molar-refractivity contribution in [3.63, 3.8) is 0 Å². The van der Waals surface area contributed by atoms with Crippen molar-refractivity contribution >= 4 is 5.91 Å². The van der Waals surface area contributed by atoms with Crippen LogP contribution in [0, 0.1) is 11.6 Å². The fourth-order valence-corrected chi connectivity index (χ4v) is 3.65. The quantitative estimate of drug-likeness (QED) is 0.564. The Hall–Kier alpha value is -2.32. The Labute approximate surface area is 181 Å². The lowest BCUT2D eigenvalue weighted by Crippen LogP contribution is -2.50. The molecule has 0 saturated heterocycles. The highest BCUT2D eigenvalue weighted by Gasteiger charge is 2.43. The van der Waals surface area contributed by atoms with Crippen molar-refractivity contribution in [2.75, 3.05) is 6.54 Å². The Morgan fingerprint density at radius 2 is 1.87 bits per heavy atom. The Morgan fingerprint density at radius 3 is 2.39 bits per heavy atom. The molecule has 1 aliphatic rings. The van der Waals surface area contributed by atoms with Crippen LogP contribution in [0.1, 0.15) is 57.6 Å². The normalized spacial score (nSPS) is 17.3. The van der Waals surface area contributed by atoms with Gasteiger partial charge in [-0.25, -0.2) is 8.78 Å². The molecule has 170 valence electrons. The first-order valence-corrected chi connectivity index (χ1v) is 10.6. The van der Waals surface area contributed by atoms with Crippen molar-refractivity contribution in [3.8, 4) is 0 Å². The number of nitrogens with zero attached hydrogens (tertiary/aromatic N) is 1. The van der Waals surface area contributed by atoms with Crippen LogP contribution in [0.15, 0.2) is 28.8 Å². The van der Waals surface area contributed by atoms with Gasteiger partial charge in [0.1, 0.15) is 17.4 Å². The van der Waals surface area contributed by atoms with Gasteiger partial charge in [-0.05, 0) is 37.0 Å². The van der Waals surface area contributed by atoms with Gasteiger partial charge in [-0.2, -0.15) is 0 Å². The fraction of sp³-hybridized carbons (Fsp3) is 0.565. The predicted octanol–water partition coefficient (Wildman–Crippen LogP) is 3.02. The second-order valence-electron chi connectivity index (χ2n) is 9.63. The highest BCUT2D eigenvalue weighted by atomic mass is 19.1. The van der Waals surface area contributed by atoms with Gasteiger partial charge in [0.05, 0.1) is 17.8 Å². The van der Waals surface area contributed by atoms with Crippen LogP contribution in [0.3, 0.4) is 0 Å². The summed E-state index contributed by atoms with van der Waals surface area (Å²) in [7, 11) is 0. The summed E-state index contributed by atoms with van der Waals surface area (Å²) in [6.45, 7) is 7.76. The first-order valence-electron chi connectivity index (χ1n) is 10.6. The molecular weight excluding hydrogens is 404 g/mol. The van der Waals surface area contributed by atoms with Gasteiger partial charge in [0.2, 0.25) is 5.91 Å². The molecule has 1 amide bonds. The van der Waals surface area contributed by atoms with Crippen LogP contribution in [-0.4, -0.2) is 40.4 Å². The number of aliphatic hydroxyl groups is 1. The summed E-state index contributed by atoms with van der Waals surface area (Å²) in [6.07, 6.45) is 1.74. The molecule has 1 saturated carbocycles. The number of nitrogens with one attached hydrogen (secondary N) is 2. The standard InChI is InChI=1S/C23H31F2N3O3/c1-14(29)27-19(9-15-7-16(24)10-17(25)8-15)20(30)13-26-23(5-6-23)12-18-11-21(31-28-18)22(2,3)4/h7-8,10-11,19-20,26,30H,5-6,9,12-13H2,1-4H3,(H,27,29). The molecule has 3 N–H and O–H groups in total. The smallest absolute Gasteiger partial charge is 0.217 e. The molecule has 0 spiro atoms. The zero-order valence-electron chi connectivity index (χ0n) is 18.5. The van der Waals surface area contributed by atoms with Crippen LogP contribution in [-0.2, 0) is 23.1 Å². The van der Waals surface area contributed by atoms with Crippen molar-refractivity contribution < 1.29 is 23.2 Å². The van der Waals surface area contributed by atoms with E-state index in [0.29, 0.717) is 12.0 Å². The monoisotopic (exact) mass is 435 g/mol. The SMILES string of the molecule is CC(=O)NC(Cc1cc(F)cc(F)c1)C(O)CNC1(Cc2cc(C(C)(C)C)on2)CC1. The number of amides is 1. The number of aromatic nitrogens is 1. The first-order chi connectivity index (χ1) is 14.5. The third-order valence-electron chi connectivity index (χ3n) is 5.59. The number of aliphatic hydroxyl groups excluding tert-OH is 1. The van der Waals surface area contributed by atoms with Crippen molar-refractivity contribution in [1.82, 2.24) is 15.8 Å². The molecule has 3 rings (SSSR count). The maximum atomic E-state index is 13.5.